The van der Waals surface area contributed by atoms with Gasteiger partial charge >= 0.3 is 0 Å². The molecule has 2 heterocycles. The standard InChI is InChI=1S/C22H17N5O3S2/c1-14-21(32-22(23-14)15-7-3-2-4-8-15)17-11-12-20(26-25-17)31-13-19(28)24-16-9-5-6-10-18(16)27(29)30/h2-12H,13H2,1H3,(H,24,28). The van der Waals surface area contributed by atoms with E-state index in [4.69, 9.17) is 0 Å². The molecule has 0 atom stereocenters. The van der Waals surface area contributed by atoms with Gasteiger partial charge in [-0.3, -0.25) is 14.9 Å². The number of rotatable bonds is 7. The maximum Gasteiger partial charge on any atom is 0.292 e. The number of amides is 1. The molecule has 160 valence electrons. The van der Waals surface area contributed by atoms with Crippen LogP contribution in [0.15, 0.2) is 71.8 Å². The van der Waals surface area contributed by atoms with Crippen LogP contribution in [-0.4, -0.2) is 31.8 Å². The number of para-hydroxylation sites is 2. The predicted octanol–water partition coefficient (Wildman–Crippen LogP) is 5.21. The van der Waals surface area contributed by atoms with Crippen LogP contribution in [0.5, 0.6) is 0 Å². The summed E-state index contributed by atoms with van der Waals surface area (Å²) >= 11 is 2.76. The van der Waals surface area contributed by atoms with Gasteiger partial charge in [-0.15, -0.1) is 21.5 Å². The van der Waals surface area contributed by atoms with E-state index in [2.05, 4.69) is 20.5 Å². The summed E-state index contributed by atoms with van der Waals surface area (Å²) in [7, 11) is 0. The van der Waals surface area contributed by atoms with E-state index in [1.807, 2.05) is 43.3 Å². The van der Waals surface area contributed by atoms with Crippen LogP contribution in [0.3, 0.4) is 0 Å². The van der Waals surface area contributed by atoms with E-state index >= 15 is 0 Å². The van der Waals surface area contributed by atoms with Crippen molar-refractivity contribution < 1.29 is 9.72 Å². The molecule has 8 nitrogen and oxygen atoms in total. The lowest BCUT2D eigenvalue weighted by Gasteiger charge is -2.05. The first-order valence-corrected chi connectivity index (χ1v) is 11.3. The Labute approximate surface area is 191 Å². The second-order valence-electron chi connectivity index (χ2n) is 6.67. The number of anilines is 1. The lowest BCUT2D eigenvalue weighted by atomic mass is 10.2. The molecule has 4 rings (SSSR count). The number of carbonyl (C=O) groups is 1. The van der Waals surface area contributed by atoms with Gasteiger partial charge in [0.2, 0.25) is 5.91 Å². The van der Waals surface area contributed by atoms with E-state index < -0.39 is 4.92 Å². The maximum atomic E-state index is 12.2. The Morgan fingerprint density at radius 2 is 1.81 bits per heavy atom. The van der Waals surface area contributed by atoms with Crippen LogP contribution in [0.25, 0.3) is 21.1 Å². The summed E-state index contributed by atoms with van der Waals surface area (Å²) in [5, 5.41) is 23.6. The number of nitrogens with zero attached hydrogens (tertiary/aromatic N) is 4. The van der Waals surface area contributed by atoms with Crippen molar-refractivity contribution in [1.82, 2.24) is 15.2 Å². The van der Waals surface area contributed by atoms with Gasteiger partial charge in [0.25, 0.3) is 5.69 Å². The zero-order valence-corrected chi connectivity index (χ0v) is 18.5. The number of thiazole rings is 1. The number of nitro groups is 1. The number of thioether (sulfide) groups is 1. The average Bonchev–Trinajstić information content (AvgIpc) is 3.20. The molecule has 2 aromatic heterocycles. The molecule has 4 aromatic rings. The van der Waals surface area contributed by atoms with Crippen LogP contribution in [-0.2, 0) is 4.79 Å². The Balaban J connectivity index is 1.40. The summed E-state index contributed by atoms with van der Waals surface area (Å²) in [6.07, 6.45) is 0. The molecule has 10 heteroatoms. The molecule has 2 aromatic carbocycles. The van der Waals surface area contributed by atoms with E-state index in [1.54, 1.807) is 29.5 Å². The van der Waals surface area contributed by atoms with Gasteiger partial charge in [0.05, 0.1) is 21.2 Å². The van der Waals surface area contributed by atoms with Gasteiger partial charge in [0.15, 0.2) is 0 Å². The van der Waals surface area contributed by atoms with Gasteiger partial charge in [0.1, 0.15) is 21.4 Å². The molecular weight excluding hydrogens is 446 g/mol. The van der Waals surface area contributed by atoms with Gasteiger partial charge in [-0.05, 0) is 25.1 Å². The molecule has 0 bridgehead atoms. The van der Waals surface area contributed by atoms with Gasteiger partial charge in [-0.1, -0.05) is 54.2 Å². The van der Waals surface area contributed by atoms with Crippen LogP contribution < -0.4 is 5.32 Å². The molecule has 0 spiro atoms. The van der Waals surface area contributed by atoms with Crippen molar-refractivity contribution >= 4 is 40.4 Å². The largest absolute Gasteiger partial charge is 0.320 e. The van der Waals surface area contributed by atoms with Crippen molar-refractivity contribution in [3.8, 4) is 21.1 Å². The topological polar surface area (TPSA) is 111 Å². The molecule has 0 aliphatic rings. The summed E-state index contributed by atoms with van der Waals surface area (Å²) in [6, 6.07) is 19.6. The number of nitrogens with one attached hydrogen (secondary N) is 1. The second-order valence-corrected chi connectivity index (χ2v) is 8.66. The number of aryl methyl sites for hydroxylation is 1. The van der Waals surface area contributed by atoms with Crippen LogP contribution in [0.4, 0.5) is 11.4 Å². The minimum Gasteiger partial charge on any atom is -0.320 e. The molecule has 0 saturated heterocycles. The Morgan fingerprint density at radius 3 is 2.53 bits per heavy atom. The average molecular weight is 464 g/mol. The smallest absolute Gasteiger partial charge is 0.292 e. The number of nitro benzene ring substituents is 1. The molecule has 0 radical (unpaired) electrons. The van der Waals surface area contributed by atoms with Crippen molar-refractivity contribution in [2.45, 2.75) is 11.9 Å². The van der Waals surface area contributed by atoms with E-state index in [-0.39, 0.29) is 23.0 Å². The lowest BCUT2D eigenvalue weighted by Crippen LogP contribution is -2.15. The summed E-state index contributed by atoms with van der Waals surface area (Å²) in [4.78, 5) is 28.3. The third-order valence-corrected chi connectivity index (χ3v) is 6.57. The zero-order valence-electron chi connectivity index (χ0n) is 16.9. The molecule has 1 N–H and O–H groups in total. The fourth-order valence-electron chi connectivity index (χ4n) is 2.92. The van der Waals surface area contributed by atoms with Gasteiger partial charge in [-0.2, -0.15) is 0 Å². The number of hydrogen-bond donors (Lipinski definition) is 1. The highest BCUT2D eigenvalue weighted by Crippen LogP contribution is 2.34. The first kappa shape index (κ1) is 21.6. The Hall–Kier alpha value is -3.63. The van der Waals surface area contributed by atoms with Gasteiger partial charge < -0.3 is 5.32 Å². The predicted molar refractivity (Wildman–Crippen MR) is 126 cm³/mol. The number of carbonyl (C=O) groups excluding carboxylic acids is 1. The molecule has 1 amide bonds. The number of aromatic nitrogens is 3. The van der Waals surface area contributed by atoms with Crippen LogP contribution in [0.2, 0.25) is 0 Å². The normalized spacial score (nSPS) is 10.7. The van der Waals surface area contributed by atoms with Crippen molar-refractivity contribution in [3.63, 3.8) is 0 Å². The molecule has 0 saturated carbocycles. The molecule has 0 unspecified atom stereocenters. The van der Waals surface area contributed by atoms with Crippen LogP contribution >= 0.6 is 23.1 Å². The summed E-state index contributed by atoms with van der Waals surface area (Å²) in [5.74, 6) is -0.307. The lowest BCUT2D eigenvalue weighted by molar-refractivity contribution is -0.383. The minimum atomic E-state index is -0.530. The zero-order chi connectivity index (χ0) is 22.5. The maximum absolute atomic E-state index is 12.2. The monoisotopic (exact) mass is 463 g/mol. The van der Waals surface area contributed by atoms with Crippen molar-refractivity contribution in [1.29, 1.82) is 0 Å². The summed E-state index contributed by atoms with van der Waals surface area (Å²) < 4.78 is 0. The van der Waals surface area contributed by atoms with Crippen molar-refractivity contribution in [2.75, 3.05) is 11.1 Å². The highest BCUT2D eigenvalue weighted by molar-refractivity contribution is 7.99. The SMILES string of the molecule is Cc1nc(-c2ccccc2)sc1-c1ccc(SCC(=O)Nc2ccccc2[N+](=O)[O-])nn1. The molecule has 0 fully saturated rings. The van der Waals surface area contributed by atoms with Gasteiger partial charge in [-0.25, -0.2) is 4.98 Å². The third-order valence-electron chi connectivity index (χ3n) is 4.42. The minimum absolute atomic E-state index is 0.0534. The van der Waals surface area contributed by atoms with E-state index in [0.717, 1.165) is 26.8 Å². The van der Waals surface area contributed by atoms with E-state index in [1.165, 1.54) is 23.9 Å². The second kappa shape index (κ2) is 9.67. The summed E-state index contributed by atoms with van der Waals surface area (Å²) in [6.45, 7) is 1.94. The van der Waals surface area contributed by atoms with E-state index in [0.29, 0.717) is 5.03 Å². The molecule has 0 aliphatic carbocycles. The van der Waals surface area contributed by atoms with Crippen LogP contribution in [0, 0.1) is 17.0 Å². The highest BCUT2D eigenvalue weighted by Gasteiger charge is 2.16. The Morgan fingerprint density at radius 1 is 1.06 bits per heavy atom. The van der Waals surface area contributed by atoms with E-state index in [9.17, 15) is 14.9 Å². The fraction of sp³-hybridized carbons (Fsp3) is 0.0909. The number of benzene rings is 2. The van der Waals surface area contributed by atoms with Crippen molar-refractivity contribution in [2.24, 2.45) is 0 Å². The number of hydrogen-bond acceptors (Lipinski definition) is 8. The molecule has 0 aliphatic heterocycles. The van der Waals surface area contributed by atoms with Crippen LogP contribution in [0.1, 0.15) is 5.69 Å². The highest BCUT2D eigenvalue weighted by atomic mass is 32.2. The molecule has 32 heavy (non-hydrogen) atoms. The van der Waals surface area contributed by atoms with Crippen molar-refractivity contribution in [3.05, 3.63) is 82.5 Å². The van der Waals surface area contributed by atoms with Gasteiger partial charge in [0, 0.05) is 11.6 Å². The molecular formula is C22H17N5O3S2. The quantitative estimate of drug-likeness (QED) is 0.227. The summed E-state index contributed by atoms with van der Waals surface area (Å²) in [5.41, 5.74) is 2.67. The fourth-order valence-corrected chi connectivity index (χ4v) is 4.57. The first-order valence-electron chi connectivity index (χ1n) is 9.54. The third kappa shape index (κ3) is 4.98. The Kier molecular flexibility index (Phi) is 6.52. The Bertz CT molecular complexity index is 1260. The first-order chi connectivity index (χ1) is 15.5.